The molecule has 0 bridgehead atoms. The lowest BCUT2D eigenvalue weighted by Gasteiger charge is -2.22. The largest absolute Gasteiger partial charge is 0.376 e. The molecule has 4 nitrogen and oxygen atoms in total. The van der Waals surface area contributed by atoms with Crippen molar-refractivity contribution in [3.05, 3.63) is 35.9 Å². The van der Waals surface area contributed by atoms with Gasteiger partial charge in [0.2, 0.25) is 0 Å². The number of nitrogens with zero attached hydrogens (tertiary/aromatic N) is 1. The molecule has 1 aromatic rings. The van der Waals surface area contributed by atoms with Crippen LogP contribution < -0.4 is 5.32 Å². The number of rotatable bonds is 4. The molecular formula is C15H20N2O2. The summed E-state index contributed by atoms with van der Waals surface area (Å²) in [5, 5.41) is 12.8. The first-order chi connectivity index (χ1) is 8.94. The van der Waals surface area contributed by atoms with Crippen LogP contribution in [-0.4, -0.2) is 43.1 Å². The average Bonchev–Trinajstić information content (AvgIpc) is 2.38. The first-order valence-corrected chi connectivity index (χ1v) is 6.11. The molecule has 0 saturated heterocycles. The molecule has 4 heteroatoms. The van der Waals surface area contributed by atoms with Crippen LogP contribution in [-0.2, 0) is 10.4 Å². The molecule has 0 aliphatic rings. The van der Waals surface area contributed by atoms with Crippen LogP contribution in [0.1, 0.15) is 12.5 Å². The third-order valence-electron chi connectivity index (χ3n) is 2.64. The van der Waals surface area contributed by atoms with Crippen LogP contribution in [0.25, 0.3) is 0 Å². The van der Waals surface area contributed by atoms with E-state index in [0.29, 0.717) is 12.1 Å². The Kier molecular flexibility index (Phi) is 5.56. The number of aliphatic hydroxyl groups is 1. The number of hydrogen-bond acceptors (Lipinski definition) is 3. The van der Waals surface area contributed by atoms with Crippen molar-refractivity contribution < 1.29 is 9.90 Å². The Hall–Kier alpha value is -1.83. The van der Waals surface area contributed by atoms with Gasteiger partial charge in [0.05, 0.1) is 13.1 Å². The lowest BCUT2D eigenvalue weighted by atomic mass is 9.95. The highest BCUT2D eigenvalue weighted by molar-refractivity contribution is 5.85. The van der Waals surface area contributed by atoms with Gasteiger partial charge < -0.3 is 10.4 Å². The summed E-state index contributed by atoms with van der Waals surface area (Å²) in [6.45, 7) is 2.35. The van der Waals surface area contributed by atoms with Crippen LogP contribution in [0.4, 0.5) is 0 Å². The van der Waals surface area contributed by atoms with Gasteiger partial charge in [0.25, 0.3) is 5.91 Å². The molecule has 0 fully saturated rings. The summed E-state index contributed by atoms with van der Waals surface area (Å²) in [6.07, 6.45) is 0. The molecule has 0 aliphatic heterocycles. The van der Waals surface area contributed by atoms with Crippen LogP contribution in [0.5, 0.6) is 0 Å². The fourth-order valence-electron chi connectivity index (χ4n) is 1.47. The minimum atomic E-state index is -1.54. The van der Waals surface area contributed by atoms with E-state index >= 15 is 0 Å². The third-order valence-corrected chi connectivity index (χ3v) is 2.64. The molecule has 0 aromatic heterocycles. The predicted octanol–water partition coefficient (Wildman–Crippen LogP) is 0.575. The average molecular weight is 260 g/mol. The van der Waals surface area contributed by atoms with E-state index in [1.165, 1.54) is 6.92 Å². The lowest BCUT2D eigenvalue weighted by molar-refractivity contribution is -0.138. The van der Waals surface area contributed by atoms with Crippen LogP contribution in [0.15, 0.2) is 30.3 Å². The monoisotopic (exact) mass is 260 g/mol. The smallest absolute Gasteiger partial charge is 0.257 e. The van der Waals surface area contributed by atoms with Crippen molar-refractivity contribution >= 4 is 5.91 Å². The van der Waals surface area contributed by atoms with Gasteiger partial charge in [0, 0.05) is 0 Å². The van der Waals surface area contributed by atoms with Crippen molar-refractivity contribution in [1.29, 1.82) is 0 Å². The van der Waals surface area contributed by atoms with Gasteiger partial charge in [-0.2, -0.15) is 0 Å². The number of benzene rings is 1. The van der Waals surface area contributed by atoms with Gasteiger partial charge in [-0.3, -0.25) is 9.69 Å². The highest BCUT2D eigenvalue weighted by atomic mass is 16.3. The standard InChI is InChI=1S/C15H20N2O2/c1-15(19,13-9-5-4-6-10-13)14(18)16-11-7-8-12-17(2)3/h4-6,9-10,19H,11-12H2,1-3H3,(H,16,18). The normalized spacial score (nSPS) is 13.3. The summed E-state index contributed by atoms with van der Waals surface area (Å²) in [4.78, 5) is 13.9. The van der Waals surface area contributed by atoms with Gasteiger partial charge in [0.1, 0.15) is 0 Å². The maximum atomic E-state index is 11.9. The molecule has 1 aromatic carbocycles. The number of hydrogen-bond donors (Lipinski definition) is 2. The van der Waals surface area contributed by atoms with E-state index < -0.39 is 11.5 Å². The van der Waals surface area contributed by atoms with Crippen LogP contribution in [0, 0.1) is 11.8 Å². The zero-order valence-corrected chi connectivity index (χ0v) is 11.6. The second kappa shape index (κ2) is 6.93. The Morgan fingerprint density at radius 3 is 2.53 bits per heavy atom. The first kappa shape index (κ1) is 15.2. The fraction of sp³-hybridized carbons (Fsp3) is 0.400. The highest BCUT2D eigenvalue weighted by Gasteiger charge is 2.31. The van der Waals surface area contributed by atoms with Gasteiger partial charge in [-0.15, -0.1) is 0 Å². The topological polar surface area (TPSA) is 52.6 Å². The van der Waals surface area contributed by atoms with Gasteiger partial charge in [-0.05, 0) is 26.6 Å². The van der Waals surface area contributed by atoms with Crippen molar-refractivity contribution in [2.75, 3.05) is 27.2 Å². The molecule has 102 valence electrons. The van der Waals surface area contributed by atoms with E-state index in [0.717, 1.165) is 0 Å². The Morgan fingerprint density at radius 2 is 1.95 bits per heavy atom. The first-order valence-electron chi connectivity index (χ1n) is 6.11. The minimum Gasteiger partial charge on any atom is -0.376 e. The van der Waals surface area contributed by atoms with Crippen LogP contribution in [0.2, 0.25) is 0 Å². The SMILES string of the molecule is CN(C)CC#CCNC(=O)C(C)(O)c1ccccc1. The van der Waals surface area contributed by atoms with E-state index in [1.807, 2.05) is 25.1 Å². The quantitative estimate of drug-likeness (QED) is 0.779. The highest BCUT2D eigenvalue weighted by Crippen LogP contribution is 2.19. The number of carbonyl (C=O) groups is 1. The second-order valence-corrected chi connectivity index (χ2v) is 4.71. The molecule has 1 unspecified atom stereocenters. The van der Waals surface area contributed by atoms with Crippen LogP contribution in [0.3, 0.4) is 0 Å². The van der Waals surface area contributed by atoms with Gasteiger partial charge in [0.15, 0.2) is 5.60 Å². The van der Waals surface area contributed by atoms with Crippen molar-refractivity contribution in [3.63, 3.8) is 0 Å². The Balaban J connectivity index is 2.55. The Labute approximate surface area is 114 Å². The minimum absolute atomic E-state index is 0.232. The molecule has 0 aliphatic carbocycles. The molecule has 1 atom stereocenters. The third kappa shape index (κ3) is 4.74. The van der Waals surface area contributed by atoms with E-state index in [2.05, 4.69) is 17.2 Å². The molecule has 1 rings (SSSR count). The van der Waals surface area contributed by atoms with Gasteiger partial charge in [-0.1, -0.05) is 42.2 Å². The maximum Gasteiger partial charge on any atom is 0.257 e. The van der Waals surface area contributed by atoms with E-state index in [9.17, 15) is 9.90 Å². The fourth-order valence-corrected chi connectivity index (χ4v) is 1.47. The van der Waals surface area contributed by atoms with Gasteiger partial charge in [-0.25, -0.2) is 0 Å². The summed E-state index contributed by atoms with van der Waals surface area (Å²) < 4.78 is 0. The lowest BCUT2D eigenvalue weighted by Crippen LogP contribution is -2.42. The number of carbonyl (C=O) groups excluding carboxylic acids is 1. The van der Waals surface area contributed by atoms with E-state index in [4.69, 9.17) is 0 Å². The summed E-state index contributed by atoms with van der Waals surface area (Å²) in [5.74, 6) is 5.30. The second-order valence-electron chi connectivity index (χ2n) is 4.71. The molecule has 0 saturated carbocycles. The molecule has 2 N–H and O–H groups in total. The Bertz CT molecular complexity index is 470. The zero-order valence-electron chi connectivity index (χ0n) is 11.6. The number of nitrogens with one attached hydrogen (secondary N) is 1. The van der Waals surface area contributed by atoms with Crippen molar-refractivity contribution in [3.8, 4) is 11.8 Å². The maximum absolute atomic E-state index is 11.9. The molecular weight excluding hydrogens is 240 g/mol. The summed E-state index contributed by atoms with van der Waals surface area (Å²) in [5.41, 5.74) is -0.974. The van der Waals surface area contributed by atoms with Crippen molar-refractivity contribution in [1.82, 2.24) is 10.2 Å². The summed E-state index contributed by atoms with van der Waals surface area (Å²) in [7, 11) is 3.85. The summed E-state index contributed by atoms with van der Waals surface area (Å²) in [6, 6.07) is 8.85. The van der Waals surface area contributed by atoms with Crippen LogP contribution >= 0.6 is 0 Å². The molecule has 19 heavy (non-hydrogen) atoms. The summed E-state index contributed by atoms with van der Waals surface area (Å²) >= 11 is 0. The molecule has 0 radical (unpaired) electrons. The van der Waals surface area contributed by atoms with Crippen molar-refractivity contribution in [2.45, 2.75) is 12.5 Å². The van der Waals surface area contributed by atoms with E-state index in [-0.39, 0.29) is 6.54 Å². The number of amides is 1. The Morgan fingerprint density at radius 1 is 1.32 bits per heavy atom. The molecule has 0 spiro atoms. The van der Waals surface area contributed by atoms with E-state index in [1.54, 1.807) is 24.3 Å². The molecule has 0 heterocycles. The predicted molar refractivity (Wildman–Crippen MR) is 75.4 cm³/mol. The van der Waals surface area contributed by atoms with Crippen molar-refractivity contribution in [2.24, 2.45) is 0 Å². The van der Waals surface area contributed by atoms with Gasteiger partial charge >= 0.3 is 0 Å². The zero-order chi connectivity index (χ0) is 14.3. The molecule has 1 amide bonds.